The molecule has 6 heteroatoms. The molecule has 0 aromatic carbocycles. The molecule has 0 aliphatic carbocycles. The van der Waals surface area contributed by atoms with Crippen molar-refractivity contribution in [2.45, 2.75) is 20.3 Å². The van der Waals surface area contributed by atoms with E-state index in [-0.39, 0.29) is 18.4 Å². The summed E-state index contributed by atoms with van der Waals surface area (Å²) in [5, 5.41) is 13.8. The van der Waals surface area contributed by atoms with Crippen molar-refractivity contribution in [2.24, 2.45) is 11.3 Å². The Morgan fingerprint density at radius 3 is 2.77 bits per heavy atom. The quantitative estimate of drug-likeness (QED) is 0.939. The maximum atomic E-state index is 12.7. The number of hydrogen-bond acceptors (Lipinski definition) is 3. The van der Waals surface area contributed by atoms with Gasteiger partial charge in [-0.05, 0) is 24.5 Å². The van der Waals surface area contributed by atoms with Crippen molar-refractivity contribution in [3.05, 3.63) is 36.2 Å². The first-order chi connectivity index (χ1) is 10.5. The van der Waals surface area contributed by atoms with Crippen LogP contribution in [0.5, 0.6) is 0 Å². The average molecular weight is 301 g/mol. The summed E-state index contributed by atoms with van der Waals surface area (Å²) in [6.07, 6.45) is 3.82. The SMILES string of the molecule is CC(C)C1(C(=O)O)CCN(C(=O)c2cnn3ccccc23)C1. The summed E-state index contributed by atoms with van der Waals surface area (Å²) in [4.78, 5) is 26.0. The van der Waals surface area contributed by atoms with Crippen molar-refractivity contribution in [1.82, 2.24) is 14.5 Å². The van der Waals surface area contributed by atoms with Gasteiger partial charge in [-0.3, -0.25) is 9.59 Å². The van der Waals surface area contributed by atoms with E-state index in [2.05, 4.69) is 5.10 Å². The fourth-order valence-electron chi connectivity index (χ4n) is 3.17. The molecule has 1 fully saturated rings. The number of carbonyl (C=O) groups is 2. The molecule has 1 amide bonds. The van der Waals surface area contributed by atoms with E-state index in [0.29, 0.717) is 18.5 Å². The highest BCUT2D eigenvalue weighted by Crippen LogP contribution is 2.38. The summed E-state index contributed by atoms with van der Waals surface area (Å²) in [6.45, 7) is 4.52. The Labute approximate surface area is 128 Å². The second kappa shape index (κ2) is 5.12. The summed E-state index contributed by atoms with van der Waals surface area (Å²) in [5.41, 5.74) is 0.411. The van der Waals surface area contributed by atoms with Crippen LogP contribution in [0.2, 0.25) is 0 Å². The van der Waals surface area contributed by atoms with E-state index in [4.69, 9.17) is 0 Å². The molecule has 2 aromatic heterocycles. The lowest BCUT2D eigenvalue weighted by Gasteiger charge is -2.28. The van der Waals surface area contributed by atoms with Crippen LogP contribution in [0.4, 0.5) is 0 Å². The van der Waals surface area contributed by atoms with Crippen molar-refractivity contribution in [3.63, 3.8) is 0 Å². The first-order valence-corrected chi connectivity index (χ1v) is 7.41. The molecular weight excluding hydrogens is 282 g/mol. The highest BCUT2D eigenvalue weighted by molar-refractivity contribution is 6.01. The van der Waals surface area contributed by atoms with Gasteiger partial charge in [0.15, 0.2) is 0 Å². The number of likely N-dealkylation sites (tertiary alicyclic amines) is 1. The number of aromatic nitrogens is 2. The van der Waals surface area contributed by atoms with E-state index in [0.717, 1.165) is 5.52 Å². The Kier molecular flexibility index (Phi) is 3.39. The van der Waals surface area contributed by atoms with Crippen LogP contribution < -0.4 is 0 Å². The maximum Gasteiger partial charge on any atom is 0.311 e. The van der Waals surface area contributed by atoms with E-state index in [9.17, 15) is 14.7 Å². The molecule has 0 bridgehead atoms. The molecule has 22 heavy (non-hydrogen) atoms. The minimum Gasteiger partial charge on any atom is -0.481 e. The largest absolute Gasteiger partial charge is 0.481 e. The fraction of sp³-hybridized carbons (Fsp3) is 0.438. The second-order valence-corrected chi connectivity index (χ2v) is 6.18. The third kappa shape index (κ3) is 2.06. The number of rotatable bonds is 3. The second-order valence-electron chi connectivity index (χ2n) is 6.18. The smallest absolute Gasteiger partial charge is 0.311 e. The van der Waals surface area contributed by atoms with Crippen molar-refractivity contribution in [1.29, 1.82) is 0 Å². The number of carboxylic acid groups (broad SMARTS) is 1. The maximum absolute atomic E-state index is 12.7. The number of carboxylic acids is 1. The minimum atomic E-state index is -0.849. The number of aliphatic carboxylic acids is 1. The lowest BCUT2D eigenvalue weighted by molar-refractivity contribution is -0.150. The standard InChI is InChI=1S/C16H19N3O3/c1-11(2)16(15(21)22)6-8-18(10-16)14(20)12-9-17-19-7-4-3-5-13(12)19/h3-5,7,9,11H,6,8,10H2,1-2H3,(H,21,22). The van der Waals surface area contributed by atoms with Crippen molar-refractivity contribution < 1.29 is 14.7 Å². The fourth-order valence-corrected chi connectivity index (χ4v) is 3.17. The number of carbonyl (C=O) groups excluding carboxylic acids is 1. The van der Waals surface area contributed by atoms with Crippen molar-refractivity contribution in [2.75, 3.05) is 13.1 Å². The van der Waals surface area contributed by atoms with E-state index in [1.165, 1.54) is 0 Å². The van der Waals surface area contributed by atoms with Gasteiger partial charge in [0.1, 0.15) is 0 Å². The predicted molar refractivity (Wildman–Crippen MR) is 80.6 cm³/mol. The summed E-state index contributed by atoms with van der Waals surface area (Å²) in [5.74, 6) is -0.991. The molecule has 3 heterocycles. The number of amides is 1. The molecular formula is C16H19N3O3. The van der Waals surface area contributed by atoms with Crippen molar-refractivity contribution in [3.8, 4) is 0 Å². The van der Waals surface area contributed by atoms with Crippen LogP contribution >= 0.6 is 0 Å². The van der Waals surface area contributed by atoms with Gasteiger partial charge in [-0.25, -0.2) is 4.52 Å². The topological polar surface area (TPSA) is 74.9 Å². The van der Waals surface area contributed by atoms with Gasteiger partial charge in [-0.15, -0.1) is 0 Å². The van der Waals surface area contributed by atoms with Crippen LogP contribution in [-0.2, 0) is 4.79 Å². The van der Waals surface area contributed by atoms with Gasteiger partial charge in [-0.1, -0.05) is 19.9 Å². The highest BCUT2D eigenvalue weighted by Gasteiger charge is 2.48. The molecule has 1 unspecified atom stereocenters. The molecule has 0 radical (unpaired) electrons. The zero-order valence-corrected chi connectivity index (χ0v) is 12.7. The van der Waals surface area contributed by atoms with Gasteiger partial charge in [0.05, 0.1) is 22.7 Å². The number of nitrogens with zero attached hydrogens (tertiary/aromatic N) is 3. The number of fused-ring (bicyclic) bond motifs is 1. The summed E-state index contributed by atoms with van der Waals surface area (Å²) < 4.78 is 1.65. The zero-order chi connectivity index (χ0) is 15.9. The zero-order valence-electron chi connectivity index (χ0n) is 12.7. The third-order valence-corrected chi connectivity index (χ3v) is 4.78. The Morgan fingerprint density at radius 1 is 1.36 bits per heavy atom. The Hall–Kier alpha value is -2.37. The lowest BCUT2D eigenvalue weighted by Crippen LogP contribution is -2.40. The van der Waals surface area contributed by atoms with E-state index in [1.54, 1.807) is 21.8 Å². The van der Waals surface area contributed by atoms with E-state index < -0.39 is 11.4 Å². The van der Waals surface area contributed by atoms with Gasteiger partial charge >= 0.3 is 5.97 Å². The molecule has 0 saturated carbocycles. The molecule has 1 saturated heterocycles. The molecule has 1 atom stereocenters. The van der Waals surface area contributed by atoms with Crippen LogP contribution in [-0.4, -0.2) is 44.6 Å². The number of pyridine rings is 1. The molecule has 3 rings (SSSR count). The Bertz CT molecular complexity index is 737. The van der Waals surface area contributed by atoms with Crippen LogP contribution in [0.3, 0.4) is 0 Å². The minimum absolute atomic E-state index is 0.0216. The first-order valence-electron chi connectivity index (χ1n) is 7.41. The van der Waals surface area contributed by atoms with Crippen LogP contribution in [0.25, 0.3) is 5.52 Å². The first kappa shape index (κ1) is 14.6. The summed E-state index contributed by atoms with van der Waals surface area (Å²) >= 11 is 0. The molecule has 1 N–H and O–H groups in total. The average Bonchev–Trinajstić information content (AvgIpc) is 3.12. The summed E-state index contributed by atoms with van der Waals surface area (Å²) in [7, 11) is 0. The lowest BCUT2D eigenvalue weighted by atomic mass is 9.76. The van der Waals surface area contributed by atoms with E-state index >= 15 is 0 Å². The third-order valence-electron chi connectivity index (χ3n) is 4.78. The molecule has 1 aliphatic rings. The van der Waals surface area contributed by atoms with Gasteiger partial charge in [0.25, 0.3) is 5.91 Å². The highest BCUT2D eigenvalue weighted by atomic mass is 16.4. The van der Waals surface area contributed by atoms with Crippen LogP contribution in [0.1, 0.15) is 30.6 Å². The van der Waals surface area contributed by atoms with Crippen LogP contribution in [0, 0.1) is 11.3 Å². The van der Waals surface area contributed by atoms with Gasteiger partial charge in [0, 0.05) is 19.3 Å². The Balaban J connectivity index is 1.90. The number of hydrogen-bond donors (Lipinski definition) is 1. The monoisotopic (exact) mass is 301 g/mol. The van der Waals surface area contributed by atoms with Crippen molar-refractivity contribution >= 4 is 17.4 Å². The van der Waals surface area contributed by atoms with Gasteiger partial charge in [0.2, 0.25) is 0 Å². The molecule has 1 aliphatic heterocycles. The van der Waals surface area contributed by atoms with Gasteiger partial charge in [-0.2, -0.15) is 5.10 Å². The molecule has 0 spiro atoms. The molecule has 6 nitrogen and oxygen atoms in total. The molecule has 2 aromatic rings. The van der Waals surface area contributed by atoms with E-state index in [1.807, 2.05) is 32.0 Å². The predicted octanol–water partition coefficient (Wildman–Crippen LogP) is 1.91. The molecule has 116 valence electrons. The summed E-state index contributed by atoms with van der Waals surface area (Å²) in [6, 6.07) is 5.54. The normalized spacial score (nSPS) is 21.7. The Morgan fingerprint density at radius 2 is 2.14 bits per heavy atom. The van der Waals surface area contributed by atoms with Gasteiger partial charge < -0.3 is 10.0 Å². The van der Waals surface area contributed by atoms with Crippen LogP contribution in [0.15, 0.2) is 30.6 Å².